The third kappa shape index (κ3) is 1.82. The van der Waals surface area contributed by atoms with Gasteiger partial charge in [-0.2, -0.15) is 5.10 Å². The number of nitrogen functional groups attached to an aromatic ring is 1. The van der Waals surface area contributed by atoms with E-state index in [1.165, 1.54) is 0 Å². The molecule has 0 aliphatic carbocycles. The lowest BCUT2D eigenvalue weighted by Crippen LogP contribution is -2.19. The summed E-state index contributed by atoms with van der Waals surface area (Å²) >= 11 is 5.84. The van der Waals surface area contributed by atoms with Crippen LogP contribution in [0.2, 0.25) is 5.02 Å². The van der Waals surface area contributed by atoms with Crippen molar-refractivity contribution in [3.8, 4) is 5.69 Å². The van der Waals surface area contributed by atoms with Crippen LogP contribution in [0.1, 0.15) is 12.0 Å². The fraction of sp³-hybridized carbons (Fsp3) is 0.167. The molecule has 1 aromatic carbocycles. The summed E-state index contributed by atoms with van der Waals surface area (Å²) in [6, 6.07) is 3.70. The number of carbonyl (C=O) groups is 1. The summed E-state index contributed by atoms with van der Waals surface area (Å²) in [4.78, 5) is 11.4. The topological polar surface area (TPSA) is 72.9 Å². The molecule has 5 nitrogen and oxygen atoms in total. The van der Waals surface area contributed by atoms with Crippen LogP contribution in [0.4, 0.5) is 11.4 Å². The maximum absolute atomic E-state index is 11.4. The lowest BCUT2D eigenvalue weighted by molar-refractivity contribution is -0.116. The van der Waals surface area contributed by atoms with Gasteiger partial charge in [0, 0.05) is 18.3 Å². The summed E-state index contributed by atoms with van der Waals surface area (Å²) in [6.07, 6.45) is 4.42. The zero-order chi connectivity index (χ0) is 12.7. The van der Waals surface area contributed by atoms with Crippen molar-refractivity contribution in [3.63, 3.8) is 0 Å². The molecular weight excluding hydrogens is 252 g/mol. The number of halogens is 1. The quantitative estimate of drug-likeness (QED) is 0.772. The Morgan fingerprint density at radius 3 is 2.94 bits per heavy atom. The largest absolute Gasteiger partial charge is 0.397 e. The molecule has 0 bridgehead atoms. The highest BCUT2D eigenvalue weighted by atomic mass is 35.5. The second-order valence-electron chi connectivity index (χ2n) is 4.22. The predicted molar refractivity (Wildman–Crippen MR) is 69.9 cm³/mol. The molecule has 0 saturated carbocycles. The standard InChI is InChI=1S/C12H11ClN4O/c13-8-5-15-17(6-8)11-4-10-7(3-9(11)14)1-2-12(18)16-10/h3-6H,1-2,14H2,(H,16,18). The number of benzene rings is 1. The average molecular weight is 263 g/mol. The third-order valence-corrected chi connectivity index (χ3v) is 3.14. The normalized spacial score (nSPS) is 14.2. The minimum Gasteiger partial charge on any atom is -0.397 e. The Morgan fingerprint density at radius 2 is 2.22 bits per heavy atom. The first-order valence-corrected chi connectivity index (χ1v) is 5.94. The van der Waals surface area contributed by atoms with E-state index in [-0.39, 0.29) is 5.91 Å². The average Bonchev–Trinajstić information content (AvgIpc) is 2.75. The number of nitrogens with zero attached hydrogens (tertiary/aromatic N) is 2. The van der Waals surface area contributed by atoms with E-state index in [1.807, 2.05) is 12.1 Å². The second-order valence-corrected chi connectivity index (χ2v) is 4.66. The number of nitrogens with two attached hydrogens (primary N) is 1. The number of hydrogen-bond acceptors (Lipinski definition) is 3. The molecule has 6 heteroatoms. The SMILES string of the molecule is Nc1cc2c(cc1-n1cc(Cl)cn1)NC(=O)CC2. The van der Waals surface area contributed by atoms with Crippen LogP contribution in [0.3, 0.4) is 0 Å². The van der Waals surface area contributed by atoms with Gasteiger partial charge in [-0.3, -0.25) is 4.79 Å². The molecule has 1 aliphatic rings. The fourth-order valence-corrected chi connectivity index (χ4v) is 2.20. The van der Waals surface area contributed by atoms with Gasteiger partial charge in [0.25, 0.3) is 0 Å². The van der Waals surface area contributed by atoms with Crippen LogP contribution >= 0.6 is 11.6 Å². The highest BCUT2D eigenvalue weighted by Gasteiger charge is 2.17. The van der Waals surface area contributed by atoms with Gasteiger partial charge >= 0.3 is 0 Å². The van der Waals surface area contributed by atoms with E-state index < -0.39 is 0 Å². The van der Waals surface area contributed by atoms with E-state index in [0.717, 1.165) is 11.3 Å². The van der Waals surface area contributed by atoms with Crippen molar-refractivity contribution in [3.05, 3.63) is 35.1 Å². The second kappa shape index (κ2) is 4.03. The Morgan fingerprint density at radius 1 is 1.39 bits per heavy atom. The number of hydrogen-bond donors (Lipinski definition) is 2. The first kappa shape index (κ1) is 11.1. The number of carbonyl (C=O) groups excluding carboxylic acids is 1. The van der Waals surface area contributed by atoms with E-state index in [9.17, 15) is 4.79 Å². The Bertz CT molecular complexity index is 635. The summed E-state index contributed by atoms with van der Waals surface area (Å²) in [5, 5.41) is 7.48. The summed E-state index contributed by atoms with van der Waals surface area (Å²) in [6.45, 7) is 0. The molecule has 2 heterocycles. The van der Waals surface area contributed by atoms with Crippen molar-refractivity contribution in [1.82, 2.24) is 9.78 Å². The minimum absolute atomic E-state index is 0.0247. The number of fused-ring (bicyclic) bond motifs is 1. The van der Waals surface area contributed by atoms with Crippen LogP contribution in [0.15, 0.2) is 24.5 Å². The van der Waals surface area contributed by atoms with Crippen LogP contribution in [0.5, 0.6) is 0 Å². The Labute approximate surface area is 109 Å². The Balaban J connectivity index is 2.11. The van der Waals surface area contributed by atoms with Crippen molar-refractivity contribution in [2.75, 3.05) is 11.1 Å². The number of aryl methyl sites for hydroxylation is 1. The lowest BCUT2D eigenvalue weighted by atomic mass is 10.0. The van der Waals surface area contributed by atoms with Crippen molar-refractivity contribution >= 4 is 28.9 Å². The first-order chi connectivity index (χ1) is 8.63. The third-order valence-electron chi connectivity index (χ3n) is 2.95. The summed E-state index contributed by atoms with van der Waals surface area (Å²) < 4.78 is 1.60. The molecule has 0 fully saturated rings. The minimum atomic E-state index is 0.0247. The van der Waals surface area contributed by atoms with Crippen molar-refractivity contribution in [2.45, 2.75) is 12.8 Å². The molecule has 1 aromatic heterocycles. The molecule has 1 aliphatic heterocycles. The molecule has 3 N–H and O–H groups in total. The highest BCUT2D eigenvalue weighted by Crippen LogP contribution is 2.30. The van der Waals surface area contributed by atoms with E-state index in [2.05, 4.69) is 10.4 Å². The number of rotatable bonds is 1. The van der Waals surface area contributed by atoms with Crippen LogP contribution in [-0.2, 0) is 11.2 Å². The zero-order valence-corrected chi connectivity index (χ0v) is 10.2. The molecule has 0 saturated heterocycles. The van der Waals surface area contributed by atoms with E-state index in [4.69, 9.17) is 17.3 Å². The number of anilines is 2. The van der Waals surface area contributed by atoms with Crippen LogP contribution in [0.25, 0.3) is 5.69 Å². The van der Waals surface area contributed by atoms with Gasteiger partial charge in [0.05, 0.1) is 22.6 Å². The van der Waals surface area contributed by atoms with Gasteiger partial charge in [0.15, 0.2) is 0 Å². The monoisotopic (exact) mass is 262 g/mol. The van der Waals surface area contributed by atoms with Gasteiger partial charge in [-0.05, 0) is 24.1 Å². The molecule has 0 atom stereocenters. The van der Waals surface area contributed by atoms with Crippen molar-refractivity contribution in [2.24, 2.45) is 0 Å². The van der Waals surface area contributed by atoms with Gasteiger partial charge in [0.1, 0.15) is 0 Å². The zero-order valence-electron chi connectivity index (χ0n) is 9.48. The number of aromatic nitrogens is 2. The highest BCUT2D eigenvalue weighted by molar-refractivity contribution is 6.30. The molecule has 92 valence electrons. The smallest absolute Gasteiger partial charge is 0.224 e. The summed E-state index contributed by atoms with van der Waals surface area (Å²) in [5.41, 5.74) is 9.17. The first-order valence-electron chi connectivity index (χ1n) is 5.56. The van der Waals surface area contributed by atoms with Gasteiger partial charge in [-0.25, -0.2) is 4.68 Å². The summed E-state index contributed by atoms with van der Waals surface area (Å²) in [5.74, 6) is 0.0247. The van der Waals surface area contributed by atoms with E-state index >= 15 is 0 Å². The van der Waals surface area contributed by atoms with Gasteiger partial charge in [-0.15, -0.1) is 0 Å². The van der Waals surface area contributed by atoms with Crippen molar-refractivity contribution in [1.29, 1.82) is 0 Å². The number of amides is 1. The van der Waals surface area contributed by atoms with Crippen LogP contribution in [-0.4, -0.2) is 15.7 Å². The molecule has 3 rings (SSSR count). The summed E-state index contributed by atoms with van der Waals surface area (Å²) in [7, 11) is 0. The van der Waals surface area contributed by atoms with Crippen LogP contribution in [0, 0.1) is 0 Å². The fourth-order valence-electron chi connectivity index (χ4n) is 2.07. The van der Waals surface area contributed by atoms with E-state index in [1.54, 1.807) is 17.1 Å². The maximum atomic E-state index is 11.4. The molecule has 1 amide bonds. The van der Waals surface area contributed by atoms with E-state index in [0.29, 0.717) is 29.2 Å². The number of nitrogens with one attached hydrogen (secondary N) is 1. The Hall–Kier alpha value is -2.01. The van der Waals surface area contributed by atoms with Gasteiger partial charge in [0.2, 0.25) is 5.91 Å². The Kier molecular flexibility index (Phi) is 2.48. The van der Waals surface area contributed by atoms with Crippen molar-refractivity contribution < 1.29 is 4.79 Å². The van der Waals surface area contributed by atoms with Gasteiger partial charge < -0.3 is 11.1 Å². The van der Waals surface area contributed by atoms with Gasteiger partial charge in [-0.1, -0.05) is 11.6 Å². The molecule has 18 heavy (non-hydrogen) atoms. The lowest BCUT2D eigenvalue weighted by Gasteiger charge is -2.19. The molecular formula is C12H11ClN4O. The molecule has 0 unspecified atom stereocenters. The van der Waals surface area contributed by atoms with Crippen LogP contribution < -0.4 is 11.1 Å². The predicted octanol–water partition coefficient (Wildman–Crippen LogP) is 1.99. The molecule has 2 aromatic rings. The maximum Gasteiger partial charge on any atom is 0.224 e. The molecule has 0 radical (unpaired) electrons. The molecule has 0 spiro atoms.